The minimum atomic E-state index is -1.04. The Kier molecular flexibility index (Phi) is 13.8. The van der Waals surface area contributed by atoms with Gasteiger partial charge in [0.05, 0.1) is 67.1 Å². The lowest BCUT2D eigenvalue weighted by Crippen LogP contribution is -2.66. The molecule has 0 aromatic heterocycles. The van der Waals surface area contributed by atoms with E-state index in [0.717, 1.165) is 39.3 Å². The molecule has 3 atom stereocenters. The van der Waals surface area contributed by atoms with Crippen LogP contribution in [0, 0.1) is 0 Å². The Labute approximate surface area is 307 Å². The van der Waals surface area contributed by atoms with Gasteiger partial charge in [-0.1, -0.05) is 115 Å². The second-order valence-electron chi connectivity index (χ2n) is 12.9. The zero-order valence-electron chi connectivity index (χ0n) is 29.9. The van der Waals surface area contributed by atoms with E-state index in [1.54, 1.807) is 14.2 Å². The van der Waals surface area contributed by atoms with Crippen molar-refractivity contribution in [3.8, 4) is 11.5 Å². The first kappa shape index (κ1) is 37.2. The van der Waals surface area contributed by atoms with E-state index < -0.39 is 23.9 Å². The number of hydrogen-bond donors (Lipinski definition) is 0. The molecule has 1 aliphatic rings. The van der Waals surface area contributed by atoms with Gasteiger partial charge in [-0.05, 0) is 52.1 Å². The molecule has 0 saturated carbocycles. The molecule has 272 valence electrons. The average Bonchev–Trinajstić information content (AvgIpc) is 3.21. The number of rotatable bonds is 19. The van der Waals surface area contributed by atoms with Crippen LogP contribution in [0.5, 0.6) is 11.5 Å². The Hall–Kier alpha value is -4.54. The van der Waals surface area contributed by atoms with Gasteiger partial charge in [-0.15, -0.1) is 0 Å². The fourth-order valence-electron chi connectivity index (χ4n) is 6.22. The van der Waals surface area contributed by atoms with Gasteiger partial charge < -0.3 is 37.9 Å². The number of ether oxygens (including phenoxy) is 8. The maximum Gasteiger partial charge on any atom is 0.143 e. The van der Waals surface area contributed by atoms with E-state index in [-0.39, 0.29) is 19.8 Å². The molecule has 1 saturated heterocycles. The van der Waals surface area contributed by atoms with Crippen LogP contribution in [0.1, 0.15) is 27.8 Å². The van der Waals surface area contributed by atoms with Crippen molar-refractivity contribution in [3.63, 3.8) is 0 Å². The summed E-state index contributed by atoms with van der Waals surface area (Å²) in [5, 5.41) is 0. The third-order valence-electron chi connectivity index (χ3n) is 9.13. The highest BCUT2D eigenvalue weighted by atomic mass is 16.6. The van der Waals surface area contributed by atoms with Gasteiger partial charge in [0.1, 0.15) is 35.4 Å². The third kappa shape index (κ3) is 10.5. The zero-order chi connectivity index (χ0) is 35.9. The number of methoxy groups -OCH3 is 2. The molecule has 1 aliphatic heterocycles. The molecule has 5 aromatic rings. The second kappa shape index (κ2) is 19.3. The van der Waals surface area contributed by atoms with E-state index in [9.17, 15) is 0 Å². The molecule has 5 aromatic carbocycles. The Balaban J connectivity index is 1.30. The Morgan fingerprint density at radius 1 is 0.481 bits per heavy atom. The summed E-state index contributed by atoms with van der Waals surface area (Å²) in [5.74, 6) is 1.58. The van der Waals surface area contributed by atoms with E-state index in [4.69, 9.17) is 37.9 Å². The molecule has 8 nitrogen and oxygen atoms in total. The maximum absolute atomic E-state index is 6.91. The van der Waals surface area contributed by atoms with Gasteiger partial charge >= 0.3 is 0 Å². The van der Waals surface area contributed by atoms with Crippen molar-refractivity contribution in [2.45, 2.75) is 56.9 Å². The van der Waals surface area contributed by atoms with Gasteiger partial charge in [-0.3, -0.25) is 0 Å². The molecule has 0 radical (unpaired) electrons. The molecule has 1 fully saturated rings. The lowest BCUT2D eigenvalue weighted by atomic mass is 9.87. The van der Waals surface area contributed by atoms with Crippen LogP contribution >= 0.6 is 0 Å². The van der Waals surface area contributed by atoms with Gasteiger partial charge in [0.15, 0.2) is 0 Å². The molecule has 0 bridgehead atoms. The summed E-state index contributed by atoms with van der Waals surface area (Å²) >= 11 is 0. The Morgan fingerprint density at radius 3 is 1.33 bits per heavy atom. The molecule has 0 aliphatic carbocycles. The van der Waals surface area contributed by atoms with Crippen LogP contribution in [0.15, 0.2) is 140 Å². The first-order valence-electron chi connectivity index (χ1n) is 17.7. The molecule has 1 heterocycles. The lowest BCUT2D eigenvalue weighted by molar-refractivity contribution is -0.298. The number of benzene rings is 5. The maximum atomic E-state index is 6.91. The van der Waals surface area contributed by atoms with E-state index in [0.29, 0.717) is 33.0 Å². The summed E-state index contributed by atoms with van der Waals surface area (Å²) < 4.78 is 50.9. The SMILES string of the molecule is COc1ccc(COCC2(COCc3ccc(OC)cc3)OCC(OCc3ccccc3)C(OCc3ccccc3)C2OCc2ccccc2)cc1. The summed E-state index contributed by atoms with van der Waals surface area (Å²) in [5.41, 5.74) is 4.12. The predicted octanol–water partition coefficient (Wildman–Crippen LogP) is 7.96. The van der Waals surface area contributed by atoms with E-state index in [1.165, 1.54) is 0 Å². The standard InChI is InChI=1S/C44H48O8/c1-45-39-22-18-37(19-23-39)26-47-32-44(33-48-27-38-20-24-40(46-2)25-21-38)43(51-30-36-16-10-5-11-17-36)42(50-29-35-14-8-4-9-15-35)41(31-52-44)49-28-34-12-6-3-7-13-34/h3-25,41-43H,26-33H2,1-2H3. The van der Waals surface area contributed by atoms with Crippen molar-refractivity contribution in [1.82, 2.24) is 0 Å². The second-order valence-corrected chi connectivity index (χ2v) is 12.9. The Morgan fingerprint density at radius 2 is 0.885 bits per heavy atom. The highest BCUT2D eigenvalue weighted by molar-refractivity contribution is 5.27. The highest BCUT2D eigenvalue weighted by Gasteiger charge is 2.53. The molecular formula is C44H48O8. The van der Waals surface area contributed by atoms with Crippen LogP contribution < -0.4 is 9.47 Å². The van der Waals surface area contributed by atoms with Crippen LogP contribution in [0.25, 0.3) is 0 Å². The summed E-state index contributed by atoms with van der Waals surface area (Å²) in [6, 6.07) is 46.1. The van der Waals surface area contributed by atoms with Gasteiger partial charge in [-0.2, -0.15) is 0 Å². The Bertz CT molecular complexity index is 1660. The van der Waals surface area contributed by atoms with Crippen LogP contribution in [0.3, 0.4) is 0 Å². The molecule has 3 unspecified atom stereocenters. The molecule has 0 N–H and O–H groups in total. The topological polar surface area (TPSA) is 73.8 Å². The minimum absolute atomic E-state index is 0.192. The summed E-state index contributed by atoms with van der Waals surface area (Å²) in [4.78, 5) is 0. The molecular weight excluding hydrogens is 656 g/mol. The van der Waals surface area contributed by atoms with Crippen molar-refractivity contribution < 1.29 is 37.9 Å². The van der Waals surface area contributed by atoms with E-state index in [1.807, 2.05) is 103 Å². The third-order valence-corrected chi connectivity index (χ3v) is 9.13. The fraction of sp³-hybridized carbons (Fsp3) is 0.318. The summed E-state index contributed by atoms with van der Waals surface area (Å²) in [6.45, 7) is 2.48. The summed E-state index contributed by atoms with van der Waals surface area (Å²) in [7, 11) is 3.31. The molecule has 8 heteroatoms. The van der Waals surface area contributed by atoms with Crippen LogP contribution in [0.4, 0.5) is 0 Å². The van der Waals surface area contributed by atoms with Crippen LogP contribution in [-0.4, -0.2) is 58.0 Å². The normalized spacial score (nSPS) is 18.2. The average molecular weight is 705 g/mol. The molecule has 52 heavy (non-hydrogen) atoms. The van der Waals surface area contributed by atoms with Crippen LogP contribution in [0.2, 0.25) is 0 Å². The van der Waals surface area contributed by atoms with Crippen molar-refractivity contribution in [2.24, 2.45) is 0 Å². The lowest BCUT2D eigenvalue weighted by Gasteiger charge is -2.49. The molecule has 6 rings (SSSR count). The van der Waals surface area contributed by atoms with Gasteiger partial charge in [0.25, 0.3) is 0 Å². The van der Waals surface area contributed by atoms with Gasteiger partial charge in [0.2, 0.25) is 0 Å². The van der Waals surface area contributed by atoms with E-state index >= 15 is 0 Å². The minimum Gasteiger partial charge on any atom is -0.497 e. The van der Waals surface area contributed by atoms with Crippen molar-refractivity contribution in [2.75, 3.05) is 34.0 Å². The highest BCUT2D eigenvalue weighted by Crippen LogP contribution is 2.35. The summed E-state index contributed by atoms with van der Waals surface area (Å²) in [6.07, 6.45) is -1.57. The molecule has 0 amide bonds. The fourth-order valence-corrected chi connectivity index (χ4v) is 6.22. The predicted molar refractivity (Wildman–Crippen MR) is 199 cm³/mol. The quantitative estimate of drug-likeness (QED) is 0.0858. The monoisotopic (exact) mass is 704 g/mol. The first-order chi connectivity index (χ1) is 25.6. The van der Waals surface area contributed by atoms with Crippen molar-refractivity contribution in [3.05, 3.63) is 167 Å². The van der Waals surface area contributed by atoms with Crippen molar-refractivity contribution in [1.29, 1.82) is 0 Å². The zero-order valence-corrected chi connectivity index (χ0v) is 29.9. The van der Waals surface area contributed by atoms with Gasteiger partial charge in [-0.25, -0.2) is 0 Å². The molecule has 0 spiro atoms. The van der Waals surface area contributed by atoms with Crippen LogP contribution in [-0.2, 0) is 61.5 Å². The van der Waals surface area contributed by atoms with Gasteiger partial charge in [0, 0.05) is 0 Å². The largest absolute Gasteiger partial charge is 0.497 e. The smallest absolute Gasteiger partial charge is 0.143 e. The van der Waals surface area contributed by atoms with E-state index in [2.05, 4.69) is 36.4 Å². The first-order valence-corrected chi connectivity index (χ1v) is 17.7. The number of hydrogen-bond acceptors (Lipinski definition) is 8. The van der Waals surface area contributed by atoms with Crippen molar-refractivity contribution >= 4 is 0 Å².